The molecule has 1 N–H and O–H groups in total. The largest absolute Gasteiger partial charge is 0.497 e. The third-order valence-electron chi connectivity index (χ3n) is 4.35. The fourth-order valence-corrected chi connectivity index (χ4v) is 3.75. The summed E-state index contributed by atoms with van der Waals surface area (Å²) in [4.78, 5) is 12.1. The molecule has 0 spiro atoms. The van der Waals surface area contributed by atoms with Crippen LogP contribution in [0.2, 0.25) is 5.02 Å². The van der Waals surface area contributed by atoms with Gasteiger partial charge in [-0.3, -0.25) is 9.36 Å². The van der Waals surface area contributed by atoms with E-state index in [1.807, 2.05) is 53.1 Å². The third-order valence-corrected chi connectivity index (χ3v) is 5.61. The second kappa shape index (κ2) is 8.24. The van der Waals surface area contributed by atoms with Crippen molar-refractivity contribution in [3.8, 4) is 22.8 Å². The maximum Gasteiger partial charge on any atom is 0.230 e. The number of carbonyl (C=O) groups excluding carboxylic acids is 1. The number of rotatable bonds is 7. The first-order valence-electron chi connectivity index (χ1n) is 8.92. The summed E-state index contributed by atoms with van der Waals surface area (Å²) in [6.45, 7) is 0. The number of halogens is 1. The van der Waals surface area contributed by atoms with Gasteiger partial charge in [0.15, 0.2) is 11.0 Å². The highest BCUT2D eigenvalue weighted by Gasteiger charge is 2.24. The zero-order valence-electron chi connectivity index (χ0n) is 15.3. The number of hydrogen-bond acceptors (Lipinski definition) is 5. The Morgan fingerprint density at radius 1 is 1.21 bits per heavy atom. The summed E-state index contributed by atoms with van der Waals surface area (Å²) in [7, 11) is 1.63. The Bertz CT molecular complexity index is 986. The predicted octanol–water partition coefficient (Wildman–Crippen LogP) is 3.97. The number of ether oxygens (including phenoxy) is 1. The van der Waals surface area contributed by atoms with Gasteiger partial charge in [0.05, 0.1) is 17.9 Å². The summed E-state index contributed by atoms with van der Waals surface area (Å²) in [5.74, 6) is 1.68. The summed E-state index contributed by atoms with van der Waals surface area (Å²) in [5.41, 5.74) is 1.65. The second-order valence-corrected chi connectivity index (χ2v) is 7.80. The molecular weight excluding hydrogens is 396 g/mol. The van der Waals surface area contributed by atoms with E-state index in [1.54, 1.807) is 7.11 Å². The van der Waals surface area contributed by atoms with Crippen LogP contribution in [0.15, 0.2) is 53.7 Å². The van der Waals surface area contributed by atoms with Crippen LogP contribution in [-0.2, 0) is 4.79 Å². The predicted molar refractivity (Wildman–Crippen MR) is 110 cm³/mol. The lowest BCUT2D eigenvalue weighted by atomic mass is 10.2. The SMILES string of the molecule is COc1ccc(-n2c(SCC(=O)NC3CC3)nnc2-c2ccccc2Cl)cc1. The van der Waals surface area contributed by atoms with E-state index in [9.17, 15) is 4.79 Å². The van der Waals surface area contributed by atoms with Crippen LogP contribution in [0.3, 0.4) is 0 Å². The summed E-state index contributed by atoms with van der Waals surface area (Å²) < 4.78 is 7.17. The fourth-order valence-electron chi connectivity index (χ4n) is 2.77. The lowest BCUT2D eigenvalue weighted by molar-refractivity contribution is -0.118. The molecular formula is C20H19ClN4O2S. The Labute approximate surface area is 172 Å². The van der Waals surface area contributed by atoms with Crippen LogP contribution in [0, 0.1) is 0 Å². The van der Waals surface area contributed by atoms with Crippen LogP contribution < -0.4 is 10.1 Å². The normalized spacial score (nSPS) is 13.4. The Morgan fingerprint density at radius 3 is 2.64 bits per heavy atom. The van der Waals surface area contributed by atoms with E-state index in [1.165, 1.54) is 11.8 Å². The average molecular weight is 415 g/mol. The number of nitrogens with one attached hydrogen (secondary N) is 1. The first-order valence-corrected chi connectivity index (χ1v) is 10.3. The molecule has 0 aliphatic heterocycles. The molecule has 0 atom stereocenters. The first kappa shape index (κ1) is 18.8. The van der Waals surface area contributed by atoms with Crippen molar-refractivity contribution in [3.05, 3.63) is 53.6 Å². The molecule has 0 unspecified atom stereocenters. The molecule has 1 amide bonds. The number of nitrogens with zero attached hydrogens (tertiary/aromatic N) is 3. The van der Waals surface area contributed by atoms with Crippen molar-refractivity contribution < 1.29 is 9.53 Å². The molecule has 0 radical (unpaired) electrons. The highest BCUT2D eigenvalue weighted by Crippen LogP contribution is 2.32. The number of hydrogen-bond donors (Lipinski definition) is 1. The van der Waals surface area contributed by atoms with Crippen molar-refractivity contribution in [3.63, 3.8) is 0 Å². The van der Waals surface area contributed by atoms with Gasteiger partial charge in [-0.25, -0.2) is 0 Å². The Morgan fingerprint density at radius 2 is 1.96 bits per heavy atom. The van der Waals surface area contributed by atoms with Crippen molar-refractivity contribution in [2.24, 2.45) is 0 Å². The van der Waals surface area contributed by atoms with Gasteiger partial charge < -0.3 is 10.1 Å². The Balaban J connectivity index is 1.68. The van der Waals surface area contributed by atoms with E-state index in [0.29, 0.717) is 22.0 Å². The molecule has 1 aliphatic carbocycles. The molecule has 6 nitrogen and oxygen atoms in total. The fraction of sp³-hybridized carbons (Fsp3) is 0.250. The molecule has 8 heteroatoms. The number of carbonyl (C=O) groups is 1. The molecule has 2 aromatic carbocycles. The zero-order chi connectivity index (χ0) is 19.5. The molecule has 3 aromatic rings. The first-order chi connectivity index (χ1) is 13.7. The van der Waals surface area contributed by atoms with Gasteiger partial charge in [-0.15, -0.1) is 10.2 Å². The average Bonchev–Trinajstić information content (AvgIpc) is 3.43. The minimum Gasteiger partial charge on any atom is -0.497 e. The minimum atomic E-state index is 0.0103. The van der Waals surface area contributed by atoms with Crippen LogP contribution in [0.1, 0.15) is 12.8 Å². The van der Waals surface area contributed by atoms with Crippen LogP contribution in [-0.4, -0.2) is 39.6 Å². The lowest BCUT2D eigenvalue weighted by Gasteiger charge is -2.12. The smallest absolute Gasteiger partial charge is 0.230 e. The van der Waals surface area contributed by atoms with Crippen molar-refractivity contribution in [2.75, 3.05) is 12.9 Å². The maximum atomic E-state index is 12.1. The minimum absolute atomic E-state index is 0.0103. The van der Waals surface area contributed by atoms with Gasteiger partial charge in [0.1, 0.15) is 5.75 Å². The third kappa shape index (κ3) is 4.15. The Kier molecular flexibility index (Phi) is 5.54. The van der Waals surface area contributed by atoms with Gasteiger partial charge in [-0.2, -0.15) is 0 Å². The zero-order valence-corrected chi connectivity index (χ0v) is 16.8. The molecule has 144 valence electrons. The van der Waals surface area contributed by atoms with Crippen LogP contribution in [0.25, 0.3) is 17.1 Å². The molecule has 0 saturated heterocycles. The highest BCUT2D eigenvalue weighted by molar-refractivity contribution is 7.99. The number of aromatic nitrogens is 3. The molecule has 1 saturated carbocycles. The van der Waals surface area contributed by atoms with Crippen molar-refractivity contribution >= 4 is 29.3 Å². The van der Waals surface area contributed by atoms with E-state index in [-0.39, 0.29) is 11.7 Å². The topological polar surface area (TPSA) is 69.0 Å². The number of amides is 1. The second-order valence-electron chi connectivity index (χ2n) is 6.45. The standard InChI is InChI=1S/C20H19ClN4O2S/c1-27-15-10-8-14(9-11-15)25-19(16-4-2-3-5-17(16)21)23-24-20(25)28-12-18(26)22-13-6-7-13/h2-5,8-11,13H,6-7,12H2,1H3,(H,22,26). The monoisotopic (exact) mass is 414 g/mol. The molecule has 4 rings (SSSR count). The van der Waals surface area contributed by atoms with Gasteiger partial charge in [-0.05, 0) is 49.2 Å². The van der Waals surface area contributed by atoms with Crippen LogP contribution >= 0.6 is 23.4 Å². The van der Waals surface area contributed by atoms with Gasteiger partial charge in [0.2, 0.25) is 5.91 Å². The maximum absolute atomic E-state index is 12.1. The van der Waals surface area contributed by atoms with Crippen LogP contribution in [0.4, 0.5) is 0 Å². The van der Waals surface area contributed by atoms with Crippen molar-refractivity contribution in [1.82, 2.24) is 20.1 Å². The van der Waals surface area contributed by atoms with E-state index in [2.05, 4.69) is 15.5 Å². The highest BCUT2D eigenvalue weighted by atomic mass is 35.5. The van der Waals surface area contributed by atoms with Gasteiger partial charge in [0.25, 0.3) is 0 Å². The van der Waals surface area contributed by atoms with Crippen LogP contribution in [0.5, 0.6) is 5.75 Å². The summed E-state index contributed by atoms with van der Waals surface area (Å²) >= 11 is 7.75. The lowest BCUT2D eigenvalue weighted by Crippen LogP contribution is -2.27. The molecule has 1 fully saturated rings. The molecule has 0 bridgehead atoms. The summed E-state index contributed by atoms with van der Waals surface area (Å²) in [5, 5.41) is 12.9. The molecule has 1 heterocycles. The molecule has 1 aromatic heterocycles. The van der Waals surface area contributed by atoms with Gasteiger partial charge >= 0.3 is 0 Å². The van der Waals surface area contributed by atoms with Crippen molar-refractivity contribution in [1.29, 1.82) is 0 Å². The quantitative estimate of drug-likeness (QED) is 0.592. The molecule has 1 aliphatic rings. The van der Waals surface area contributed by atoms with E-state index in [4.69, 9.17) is 16.3 Å². The number of benzene rings is 2. The van der Waals surface area contributed by atoms with E-state index in [0.717, 1.165) is 29.8 Å². The van der Waals surface area contributed by atoms with E-state index >= 15 is 0 Å². The van der Waals surface area contributed by atoms with Crippen molar-refractivity contribution in [2.45, 2.75) is 24.0 Å². The van der Waals surface area contributed by atoms with E-state index < -0.39 is 0 Å². The summed E-state index contributed by atoms with van der Waals surface area (Å²) in [6.07, 6.45) is 2.13. The summed E-state index contributed by atoms with van der Waals surface area (Å²) in [6, 6.07) is 15.4. The Hall–Kier alpha value is -2.51. The number of thioether (sulfide) groups is 1. The molecule has 28 heavy (non-hydrogen) atoms. The number of methoxy groups -OCH3 is 1. The van der Waals surface area contributed by atoms with Gasteiger partial charge in [0, 0.05) is 17.3 Å². The van der Waals surface area contributed by atoms with Gasteiger partial charge in [-0.1, -0.05) is 35.5 Å².